The van der Waals surface area contributed by atoms with Crippen LogP contribution in [0.15, 0.2) is 22.7 Å². The molecule has 1 aromatic carbocycles. The van der Waals surface area contributed by atoms with Crippen molar-refractivity contribution in [1.29, 1.82) is 0 Å². The van der Waals surface area contributed by atoms with Gasteiger partial charge in [0.05, 0.1) is 5.92 Å². The second-order valence-electron chi connectivity index (χ2n) is 4.44. The van der Waals surface area contributed by atoms with E-state index in [1.54, 1.807) is 6.07 Å². The van der Waals surface area contributed by atoms with Gasteiger partial charge < -0.3 is 10.8 Å². The number of nitrogens with two attached hydrogens (primary N) is 1. The van der Waals surface area contributed by atoms with Crippen LogP contribution in [0.5, 0.6) is 0 Å². The van der Waals surface area contributed by atoms with Crippen molar-refractivity contribution in [2.75, 3.05) is 6.61 Å². The highest BCUT2D eigenvalue weighted by Crippen LogP contribution is 2.42. The normalized spacial score (nSPS) is 24.5. The molecule has 0 aliphatic heterocycles. The first-order chi connectivity index (χ1) is 7.95. The number of aliphatic hydroxyl groups is 1. The summed E-state index contributed by atoms with van der Waals surface area (Å²) < 4.78 is 28.3. The molecule has 3 N–H and O–H groups in total. The Balaban J connectivity index is 2.49. The lowest BCUT2D eigenvalue weighted by Gasteiger charge is -2.35. The number of hydrogen-bond donors (Lipinski definition) is 2. The molecule has 1 aliphatic carbocycles. The van der Waals surface area contributed by atoms with Gasteiger partial charge in [-0.25, -0.2) is 8.78 Å². The number of benzene rings is 1. The van der Waals surface area contributed by atoms with Crippen molar-refractivity contribution in [2.45, 2.75) is 30.7 Å². The first kappa shape index (κ1) is 12.9. The molecule has 2 nitrogen and oxygen atoms in total. The van der Waals surface area contributed by atoms with Gasteiger partial charge in [-0.15, -0.1) is 0 Å². The standard InChI is InChI=1S/C12H14BrF2NO/c13-8-3-1-7-2-4-10(16)11(9(7)5-8)12(14,15)6-17/h1,3,5,10-11,17H,2,4,6,16H2/t10-,11?/m1/s1. The topological polar surface area (TPSA) is 46.2 Å². The summed E-state index contributed by atoms with van der Waals surface area (Å²) in [5.74, 6) is -4.27. The quantitative estimate of drug-likeness (QED) is 0.881. The van der Waals surface area contributed by atoms with Crippen LogP contribution in [0.3, 0.4) is 0 Å². The molecule has 1 aliphatic rings. The SMILES string of the molecule is N[C@@H]1CCc2ccc(Br)cc2C1C(F)(F)CO. The number of hydrogen-bond acceptors (Lipinski definition) is 2. The molecule has 0 bridgehead atoms. The van der Waals surface area contributed by atoms with Crippen molar-refractivity contribution >= 4 is 15.9 Å². The molecule has 2 atom stereocenters. The predicted molar refractivity (Wildman–Crippen MR) is 65.2 cm³/mol. The minimum Gasteiger partial charge on any atom is -0.390 e. The van der Waals surface area contributed by atoms with Crippen molar-refractivity contribution in [3.05, 3.63) is 33.8 Å². The summed E-state index contributed by atoms with van der Waals surface area (Å²) >= 11 is 3.28. The molecule has 0 saturated heterocycles. The third-order valence-corrected chi connectivity index (χ3v) is 3.78. The van der Waals surface area contributed by atoms with Crippen LogP contribution < -0.4 is 5.73 Å². The fourth-order valence-electron chi connectivity index (χ4n) is 2.44. The summed E-state index contributed by atoms with van der Waals surface area (Å²) in [7, 11) is 0. The summed E-state index contributed by atoms with van der Waals surface area (Å²) in [5.41, 5.74) is 7.25. The van der Waals surface area contributed by atoms with E-state index in [4.69, 9.17) is 10.8 Å². The molecule has 0 amide bonds. The molecule has 94 valence electrons. The monoisotopic (exact) mass is 305 g/mol. The van der Waals surface area contributed by atoms with Gasteiger partial charge in [0.15, 0.2) is 0 Å². The van der Waals surface area contributed by atoms with E-state index in [-0.39, 0.29) is 0 Å². The van der Waals surface area contributed by atoms with E-state index in [9.17, 15) is 8.78 Å². The summed E-state index contributed by atoms with van der Waals surface area (Å²) in [4.78, 5) is 0. The average molecular weight is 306 g/mol. The van der Waals surface area contributed by atoms with Crippen LogP contribution in [-0.2, 0) is 6.42 Å². The number of halogens is 3. The number of aryl methyl sites for hydroxylation is 1. The van der Waals surface area contributed by atoms with Gasteiger partial charge in [0.25, 0.3) is 5.92 Å². The van der Waals surface area contributed by atoms with Gasteiger partial charge in [-0.05, 0) is 36.1 Å². The van der Waals surface area contributed by atoms with E-state index >= 15 is 0 Å². The lowest BCUT2D eigenvalue weighted by Crippen LogP contribution is -2.45. The van der Waals surface area contributed by atoms with Crippen LogP contribution in [0.1, 0.15) is 23.5 Å². The van der Waals surface area contributed by atoms with Crippen molar-refractivity contribution in [3.8, 4) is 0 Å². The maximum Gasteiger partial charge on any atom is 0.278 e. The van der Waals surface area contributed by atoms with E-state index in [0.717, 1.165) is 10.0 Å². The van der Waals surface area contributed by atoms with Crippen LogP contribution >= 0.6 is 15.9 Å². The molecule has 2 rings (SSSR count). The van der Waals surface area contributed by atoms with Crippen LogP contribution in [0.2, 0.25) is 0 Å². The fourth-order valence-corrected chi connectivity index (χ4v) is 2.82. The number of fused-ring (bicyclic) bond motifs is 1. The Hall–Kier alpha value is -0.520. The van der Waals surface area contributed by atoms with E-state index in [0.29, 0.717) is 18.4 Å². The highest BCUT2D eigenvalue weighted by atomic mass is 79.9. The van der Waals surface area contributed by atoms with Crippen LogP contribution in [0.25, 0.3) is 0 Å². The Bertz CT molecular complexity index is 425. The lowest BCUT2D eigenvalue weighted by molar-refractivity contribution is -0.0802. The van der Waals surface area contributed by atoms with Gasteiger partial charge in [0, 0.05) is 10.5 Å². The Morgan fingerprint density at radius 3 is 2.82 bits per heavy atom. The van der Waals surface area contributed by atoms with Crippen molar-refractivity contribution in [1.82, 2.24) is 0 Å². The molecule has 0 heterocycles. The van der Waals surface area contributed by atoms with Gasteiger partial charge in [-0.2, -0.15) is 0 Å². The molecular weight excluding hydrogens is 292 g/mol. The smallest absolute Gasteiger partial charge is 0.278 e. The van der Waals surface area contributed by atoms with Crippen LogP contribution in [0, 0.1) is 0 Å². The van der Waals surface area contributed by atoms with E-state index in [1.807, 2.05) is 12.1 Å². The van der Waals surface area contributed by atoms with E-state index < -0.39 is 24.5 Å². The van der Waals surface area contributed by atoms with Gasteiger partial charge in [0.2, 0.25) is 0 Å². The van der Waals surface area contributed by atoms with Crippen LogP contribution in [0.4, 0.5) is 8.78 Å². The Labute approximate surface area is 107 Å². The molecule has 0 radical (unpaired) electrons. The molecule has 17 heavy (non-hydrogen) atoms. The zero-order chi connectivity index (χ0) is 12.6. The molecule has 1 unspecified atom stereocenters. The minimum absolute atomic E-state index is 0.523. The minimum atomic E-state index is -3.17. The molecule has 1 aromatic rings. The second kappa shape index (κ2) is 4.63. The second-order valence-corrected chi connectivity index (χ2v) is 5.36. The highest BCUT2D eigenvalue weighted by Gasteiger charge is 2.45. The lowest BCUT2D eigenvalue weighted by atomic mass is 9.76. The largest absolute Gasteiger partial charge is 0.390 e. The molecule has 5 heteroatoms. The Morgan fingerprint density at radius 2 is 2.18 bits per heavy atom. The molecule has 0 spiro atoms. The summed E-state index contributed by atoms with van der Waals surface area (Å²) in [6, 6.07) is 4.75. The first-order valence-corrected chi connectivity index (χ1v) is 6.27. The van der Waals surface area contributed by atoms with E-state index in [2.05, 4.69) is 15.9 Å². The summed E-state index contributed by atoms with van der Waals surface area (Å²) in [6.45, 7) is -1.17. The van der Waals surface area contributed by atoms with Crippen LogP contribution in [-0.4, -0.2) is 23.7 Å². The highest BCUT2D eigenvalue weighted by molar-refractivity contribution is 9.10. The number of alkyl halides is 2. The zero-order valence-electron chi connectivity index (χ0n) is 9.17. The third-order valence-electron chi connectivity index (χ3n) is 3.28. The first-order valence-electron chi connectivity index (χ1n) is 5.48. The van der Waals surface area contributed by atoms with Gasteiger partial charge in [0.1, 0.15) is 6.61 Å². The molecule has 0 aromatic heterocycles. The summed E-state index contributed by atoms with van der Waals surface area (Å²) in [5, 5.41) is 8.84. The number of rotatable bonds is 2. The average Bonchev–Trinajstić information content (AvgIpc) is 2.28. The van der Waals surface area contributed by atoms with Crippen molar-refractivity contribution in [3.63, 3.8) is 0 Å². The predicted octanol–water partition coefficient (Wildman–Crippen LogP) is 2.43. The maximum absolute atomic E-state index is 13.8. The van der Waals surface area contributed by atoms with Crippen molar-refractivity contribution < 1.29 is 13.9 Å². The Morgan fingerprint density at radius 1 is 1.47 bits per heavy atom. The molecule has 0 fully saturated rings. The number of aliphatic hydroxyl groups excluding tert-OH is 1. The fraction of sp³-hybridized carbons (Fsp3) is 0.500. The van der Waals surface area contributed by atoms with E-state index in [1.165, 1.54) is 0 Å². The molecular formula is C12H14BrF2NO. The summed E-state index contributed by atoms with van der Waals surface area (Å²) in [6.07, 6.45) is 1.23. The maximum atomic E-state index is 13.8. The Kier molecular flexibility index (Phi) is 3.52. The van der Waals surface area contributed by atoms with Gasteiger partial charge in [-0.1, -0.05) is 22.0 Å². The van der Waals surface area contributed by atoms with Crippen molar-refractivity contribution in [2.24, 2.45) is 5.73 Å². The van der Waals surface area contributed by atoms with Gasteiger partial charge >= 0.3 is 0 Å². The zero-order valence-corrected chi connectivity index (χ0v) is 10.8. The third kappa shape index (κ3) is 2.37. The molecule has 0 saturated carbocycles. The van der Waals surface area contributed by atoms with Gasteiger partial charge in [-0.3, -0.25) is 0 Å².